The second-order valence-corrected chi connectivity index (χ2v) is 12.3. The lowest BCUT2D eigenvalue weighted by molar-refractivity contribution is 0.102. The number of carbonyl (C=O) groups excluding carboxylic acids is 1. The number of nitrogens with one attached hydrogen (secondary N) is 1. The summed E-state index contributed by atoms with van der Waals surface area (Å²) in [5.74, 6) is -0.759. The molecule has 0 spiro atoms. The van der Waals surface area contributed by atoms with Crippen molar-refractivity contribution in [3.05, 3.63) is 83.6 Å². The number of anilines is 1. The van der Waals surface area contributed by atoms with Gasteiger partial charge in [-0.1, -0.05) is 25.5 Å². The van der Waals surface area contributed by atoms with E-state index >= 15 is 0 Å². The standard InChI is InChI=1S/C26H28F5N7OS/c1-36-9-11-37(12-10-36)18-20-5-6-22(14-24(20)40(27,28,29,30)31)35-26(39)21-13-19(15-32-16-21)4-7-23-17-33-25-3-2-8-34-38(23)25/h2-3,5-6,8,13-17H,4,7,9-12,18H2,1H3,(H,35,39). The molecule has 0 atom stereocenters. The highest BCUT2D eigenvalue weighted by Gasteiger charge is 2.66. The zero-order valence-electron chi connectivity index (χ0n) is 21.6. The quantitative estimate of drug-likeness (QED) is 0.275. The maximum Gasteiger partial charge on any atom is 0.310 e. The highest BCUT2D eigenvalue weighted by Crippen LogP contribution is 3.02. The van der Waals surface area contributed by atoms with Crippen molar-refractivity contribution in [1.29, 1.82) is 0 Å². The first-order valence-corrected chi connectivity index (χ1v) is 14.5. The fourth-order valence-corrected chi connectivity index (χ4v) is 5.62. The zero-order chi connectivity index (χ0) is 28.6. The average Bonchev–Trinajstić information content (AvgIpc) is 3.31. The third-order valence-corrected chi connectivity index (χ3v) is 8.02. The molecule has 0 bridgehead atoms. The van der Waals surface area contributed by atoms with Gasteiger partial charge in [0.2, 0.25) is 0 Å². The van der Waals surface area contributed by atoms with Crippen LogP contribution in [0.4, 0.5) is 25.1 Å². The van der Waals surface area contributed by atoms with Gasteiger partial charge in [-0.25, -0.2) is 9.50 Å². The summed E-state index contributed by atoms with van der Waals surface area (Å²) in [5.41, 5.74) is 1.44. The first-order valence-electron chi connectivity index (χ1n) is 12.6. The Morgan fingerprint density at radius 1 is 0.975 bits per heavy atom. The highest BCUT2D eigenvalue weighted by molar-refractivity contribution is 8.45. The monoisotopic (exact) mass is 581 g/mol. The van der Waals surface area contributed by atoms with Crippen molar-refractivity contribution in [2.45, 2.75) is 24.3 Å². The number of piperazine rings is 1. The number of hydrogen-bond donors (Lipinski definition) is 1. The van der Waals surface area contributed by atoms with E-state index in [2.05, 4.69) is 20.4 Å². The summed E-state index contributed by atoms with van der Waals surface area (Å²) in [6.45, 7) is 1.92. The third kappa shape index (κ3) is 6.57. The van der Waals surface area contributed by atoms with Gasteiger partial charge in [0.05, 0.1) is 17.5 Å². The number of amides is 1. The fraction of sp³-hybridized carbons (Fsp3) is 0.308. The van der Waals surface area contributed by atoms with E-state index in [1.165, 1.54) is 12.3 Å². The van der Waals surface area contributed by atoms with Crippen LogP contribution in [0.1, 0.15) is 27.2 Å². The smallest absolute Gasteiger partial charge is 0.310 e. The molecule has 1 aromatic carbocycles. The van der Waals surface area contributed by atoms with Crippen molar-refractivity contribution in [2.24, 2.45) is 0 Å². The molecule has 1 saturated heterocycles. The van der Waals surface area contributed by atoms with Gasteiger partial charge in [-0.2, -0.15) is 5.10 Å². The molecule has 1 amide bonds. The predicted molar refractivity (Wildman–Crippen MR) is 143 cm³/mol. The molecule has 0 saturated carbocycles. The molecule has 0 unspecified atom stereocenters. The number of likely N-dealkylation sites (N-methyl/N-ethyl adjacent to an activating group) is 1. The molecule has 1 N–H and O–H groups in total. The molecule has 0 radical (unpaired) electrons. The first kappa shape index (κ1) is 27.9. The van der Waals surface area contributed by atoms with Crippen LogP contribution in [0.5, 0.6) is 0 Å². The molecule has 40 heavy (non-hydrogen) atoms. The molecular formula is C26H28F5N7OS. The van der Waals surface area contributed by atoms with Gasteiger partial charge in [-0.05, 0) is 61.3 Å². The zero-order valence-corrected chi connectivity index (χ0v) is 22.4. The van der Waals surface area contributed by atoms with E-state index in [-0.39, 0.29) is 17.8 Å². The second-order valence-electron chi connectivity index (χ2n) is 9.95. The summed E-state index contributed by atoms with van der Waals surface area (Å²) in [7, 11) is -8.16. The SMILES string of the molecule is CN1CCN(Cc2ccc(NC(=O)c3cncc(CCc4cnc5cccnn45)c3)cc2S(F)(F)(F)(F)F)CC1. The number of aryl methyl sites for hydroxylation is 2. The summed E-state index contributed by atoms with van der Waals surface area (Å²) in [6, 6.07) is 7.72. The summed E-state index contributed by atoms with van der Waals surface area (Å²) in [6.07, 6.45) is 7.23. The van der Waals surface area contributed by atoms with Crippen molar-refractivity contribution in [3.8, 4) is 0 Å². The Labute approximate surface area is 227 Å². The van der Waals surface area contributed by atoms with E-state index in [1.807, 2.05) is 18.0 Å². The number of aromatic nitrogens is 4. The number of carbonyl (C=O) groups is 1. The van der Waals surface area contributed by atoms with Crippen molar-refractivity contribution >= 4 is 27.5 Å². The highest BCUT2D eigenvalue weighted by atomic mass is 32.5. The molecule has 0 aliphatic carbocycles. The van der Waals surface area contributed by atoms with Gasteiger partial charge < -0.3 is 10.2 Å². The summed E-state index contributed by atoms with van der Waals surface area (Å²) < 4.78 is 72.0. The summed E-state index contributed by atoms with van der Waals surface area (Å²) >= 11 is 0. The molecule has 5 rings (SSSR count). The van der Waals surface area contributed by atoms with E-state index in [0.717, 1.165) is 11.8 Å². The Balaban J connectivity index is 1.32. The average molecular weight is 582 g/mol. The van der Waals surface area contributed by atoms with E-state index in [0.29, 0.717) is 56.3 Å². The number of benzene rings is 1. The van der Waals surface area contributed by atoms with Gasteiger partial charge >= 0.3 is 10.2 Å². The maximum atomic E-state index is 14.1. The van der Waals surface area contributed by atoms with Gasteiger partial charge in [0.15, 0.2) is 5.65 Å². The van der Waals surface area contributed by atoms with E-state index < -0.39 is 26.6 Å². The maximum absolute atomic E-state index is 14.1. The number of rotatable bonds is 8. The normalized spacial score (nSPS) is 16.9. The molecule has 4 aromatic rings. The van der Waals surface area contributed by atoms with Gasteiger partial charge in [0.25, 0.3) is 5.91 Å². The topological polar surface area (TPSA) is 78.7 Å². The molecule has 214 valence electrons. The van der Waals surface area contributed by atoms with E-state index in [1.54, 1.807) is 40.1 Å². The van der Waals surface area contributed by atoms with Crippen molar-refractivity contribution < 1.29 is 24.2 Å². The van der Waals surface area contributed by atoms with Crippen LogP contribution in [0.3, 0.4) is 0 Å². The number of imidazole rings is 1. The van der Waals surface area contributed by atoms with Gasteiger partial charge in [-0.3, -0.25) is 14.7 Å². The number of pyridine rings is 1. The van der Waals surface area contributed by atoms with E-state index in [4.69, 9.17) is 0 Å². The molecule has 14 heteroatoms. The van der Waals surface area contributed by atoms with Crippen LogP contribution in [-0.2, 0) is 19.4 Å². The molecule has 4 heterocycles. The number of fused-ring (bicyclic) bond motifs is 1. The molecule has 1 aliphatic heterocycles. The van der Waals surface area contributed by atoms with Gasteiger partial charge in [0, 0.05) is 57.0 Å². The Morgan fingerprint density at radius 2 is 1.75 bits per heavy atom. The van der Waals surface area contributed by atoms with Crippen LogP contribution < -0.4 is 5.32 Å². The van der Waals surface area contributed by atoms with Crippen LogP contribution in [0, 0.1) is 0 Å². The Morgan fingerprint density at radius 3 is 2.50 bits per heavy atom. The van der Waals surface area contributed by atoms with Gasteiger partial charge in [0.1, 0.15) is 4.90 Å². The van der Waals surface area contributed by atoms with Crippen LogP contribution in [-0.4, -0.2) is 68.5 Å². The first-order chi connectivity index (χ1) is 18.7. The Bertz CT molecular complexity index is 1550. The minimum atomic E-state index is -10.0. The molecule has 1 aliphatic rings. The third-order valence-electron chi connectivity index (χ3n) is 6.81. The van der Waals surface area contributed by atoms with Crippen LogP contribution in [0.2, 0.25) is 0 Å². The lowest BCUT2D eigenvalue weighted by Crippen LogP contribution is -2.44. The Kier molecular flexibility index (Phi) is 6.83. The molecule has 1 fully saturated rings. The van der Waals surface area contributed by atoms with Crippen molar-refractivity contribution in [3.63, 3.8) is 0 Å². The molecular weight excluding hydrogens is 553 g/mol. The lowest BCUT2D eigenvalue weighted by atomic mass is 10.1. The lowest BCUT2D eigenvalue weighted by Gasteiger charge is -2.42. The number of hydrogen-bond acceptors (Lipinski definition) is 6. The predicted octanol–water partition coefficient (Wildman–Crippen LogP) is 5.57. The van der Waals surface area contributed by atoms with Gasteiger partial charge in [-0.15, -0.1) is 0 Å². The summed E-state index contributed by atoms with van der Waals surface area (Å²) in [5, 5.41) is 6.59. The molecule has 8 nitrogen and oxygen atoms in total. The van der Waals surface area contributed by atoms with Crippen LogP contribution in [0.25, 0.3) is 5.65 Å². The summed E-state index contributed by atoms with van der Waals surface area (Å²) in [4.78, 5) is 23.0. The van der Waals surface area contributed by atoms with E-state index in [9.17, 15) is 24.2 Å². The van der Waals surface area contributed by atoms with Crippen LogP contribution in [0.15, 0.2) is 66.1 Å². The van der Waals surface area contributed by atoms with Crippen molar-refractivity contribution in [1.82, 2.24) is 29.4 Å². The number of nitrogens with zero attached hydrogens (tertiary/aromatic N) is 6. The fourth-order valence-electron chi connectivity index (χ4n) is 4.64. The van der Waals surface area contributed by atoms with Crippen LogP contribution >= 0.6 is 10.2 Å². The van der Waals surface area contributed by atoms with Crippen molar-refractivity contribution in [2.75, 3.05) is 38.5 Å². The minimum absolute atomic E-state index is 0.0872. The molecule has 3 aromatic heterocycles. The second kappa shape index (κ2) is 9.78. The number of halogens is 5. The largest absolute Gasteiger partial charge is 0.322 e. The minimum Gasteiger partial charge on any atom is -0.322 e. The Hall–Kier alpha value is -3.62.